The summed E-state index contributed by atoms with van der Waals surface area (Å²) < 4.78 is 1.22. The smallest absolute Gasteiger partial charge is 0.227 e. The third-order valence-electron chi connectivity index (χ3n) is 4.28. The van der Waals surface area contributed by atoms with E-state index in [0.717, 1.165) is 34.6 Å². The molecule has 3 nitrogen and oxygen atoms in total. The molecule has 3 aromatic rings. The van der Waals surface area contributed by atoms with Crippen molar-refractivity contribution in [2.24, 2.45) is 0 Å². The predicted octanol–water partition coefficient (Wildman–Crippen LogP) is 5.37. The molecule has 0 unspecified atom stereocenters. The summed E-state index contributed by atoms with van der Waals surface area (Å²) in [6.07, 6.45) is 2.22. The highest BCUT2D eigenvalue weighted by atomic mass is 32.1. The van der Waals surface area contributed by atoms with Crippen LogP contribution in [0.5, 0.6) is 0 Å². The van der Waals surface area contributed by atoms with Crippen LogP contribution >= 0.6 is 11.3 Å². The number of aryl methyl sites for hydroxylation is 2. The number of hydrogen-bond acceptors (Lipinski definition) is 3. The summed E-state index contributed by atoms with van der Waals surface area (Å²) in [5, 5.41) is 1.11. The second-order valence-corrected chi connectivity index (χ2v) is 7.69. The minimum atomic E-state index is 0.149. The monoisotopic (exact) mass is 352 g/mol. The molecule has 0 aliphatic heterocycles. The first kappa shape index (κ1) is 17.6. The van der Waals surface area contributed by atoms with Gasteiger partial charge in [-0.25, -0.2) is 4.98 Å². The van der Waals surface area contributed by atoms with Crippen LogP contribution in [-0.4, -0.2) is 16.9 Å². The molecular formula is C21H24N2OS. The Hall–Kier alpha value is -2.20. The molecule has 0 bridgehead atoms. The maximum atomic E-state index is 12.8. The Kier molecular flexibility index (Phi) is 5.49. The highest BCUT2D eigenvalue weighted by Crippen LogP contribution is 2.25. The Bertz CT molecular complexity index is 836. The molecule has 2 aromatic carbocycles. The molecule has 4 heteroatoms. The summed E-state index contributed by atoms with van der Waals surface area (Å²) in [5.41, 5.74) is 3.20. The second-order valence-electron chi connectivity index (χ2n) is 6.57. The molecule has 0 spiro atoms. The number of carbonyl (C=O) groups is 1. The van der Waals surface area contributed by atoms with Crippen LogP contribution in [0, 0.1) is 6.92 Å². The van der Waals surface area contributed by atoms with E-state index in [9.17, 15) is 4.79 Å². The lowest BCUT2D eigenvalue weighted by atomic mass is 10.1. The van der Waals surface area contributed by atoms with Crippen molar-refractivity contribution >= 4 is 33.1 Å². The van der Waals surface area contributed by atoms with E-state index >= 15 is 0 Å². The van der Waals surface area contributed by atoms with Crippen LogP contribution in [0.3, 0.4) is 0 Å². The summed E-state index contributed by atoms with van der Waals surface area (Å²) in [4.78, 5) is 19.4. The van der Waals surface area contributed by atoms with Crippen molar-refractivity contribution in [3.05, 3.63) is 59.1 Å². The SMILES string of the molecule is Cc1ccccc1N(C(=O)CCCc1nc2ccccc2s1)C(C)C. The summed E-state index contributed by atoms with van der Waals surface area (Å²) >= 11 is 1.73. The fourth-order valence-corrected chi connectivity index (χ4v) is 4.08. The minimum Gasteiger partial charge on any atom is -0.310 e. The third kappa shape index (κ3) is 4.07. The third-order valence-corrected chi connectivity index (χ3v) is 5.38. The molecule has 1 heterocycles. The molecule has 130 valence electrons. The van der Waals surface area contributed by atoms with E-state index in [2.05, 4.69) is 37.9 Å². The van der Waals surface area contributed by atoms with Gasteiger partial charge >= 0.3 is 0 Å². The number of aromatic nitrogens is 1. The first-order valence-electron chi connectivity index (χ1n) is 8.78. The maximum Gasteiger partial charge on any atom is 0.227 e. The van der Waals surface area contributed by atoms with E-state index in [1.807, 2.05) is 41.3 Å². The van der Waals surface area contributed by atoms with Gasteiger partial charge in [0.15, 0.2) is 0 Å². The van der Waals surface area contributed by atoms with E-state index in [1.54, 1.807) is 11.3 Å². The van der Waals surface area contributed by atoms with Crippen LogP contribution < -0.4 is 4.90 Å². The molecule has 0 aliphatic rings. The van der Waals surface area contributed by atoms with Crippen molar-refractivity contribution in [3.8, 4) is 0 Å². The van der Waals surface area contributed by atoms with Gasteiger partial charge in [0.05, 0.1) is 15.2 Å². The van der Waals surface area contributed by atoms with Gasteiger partial charge in [0.1, 0.15) is 0 Å². The van der Waals surface area contributed by atoms with E-state index < -0.39 is 0 Å². The molecule has 0 aliphatic carbocycles. The van der Waals surface area contributed by atoms with Crippen molar-refractivity contribution in [1.29, 1.82) is 0 Å². The summed E-state index contributed by atoms with van der Waals surface area (Å²) in [5.74, 6) is 0.186. The summed E-state index contributed by atoms with van der Waals surface area (Å²) in [6.45, 7) is 6.19. The number of anilines is 1. The standard InChI is InChI=1S/C21H24N2OS/c1-15(2)23(18-11-6-4-9-16(18)3)21(24)14-8-13-20-22-17-10-5-7-12-19(17)25-20/h4-7,9-12,15H,8,13-14H2,1-3H3. The number of amides is 1. The largest absolute Gasteiger partial charge is 0.310 e. The second kappa shape index (κ2) is 7.79. The van der Waals surface area contributed by atoms with Crippen LogP contribution in [0.15, 0.2) is 48.5 Å². The Morgan fingerprint density at radius 1 is 1.12 bits per heavy atom. The van der Waals surface area contributed by atoms with Crippen molar-refractivity contribution in [1.82, 2.24) is 4.98 Å². The fourth-order valence-electron chi connectivity index (χ4n) is 3.07. The predicted molar refractivity (Wildman–Crippen MR) is 106 cm³/mol. The molecule has 0 radical (unpaired) electrons. The number of thiazole rings is 1. The van der Waals surface area contributed by atoms with Crippen LogP contribution in [0.25, 0.3) is 10.2 Å². The first-order valence-corrected chi connectivity index (χ1v) is 9.60. The first-order chi connectivity index (χ1) is 12.1. The molecule has 1 aromatic heterocycles. The number of hydrogen-bond donors (Lipinski definition) is 0. The van der Waals surface area contributed by atoms with Crippen molar-refractivity contribution in [2.45, 2.75) is 46.1 Å². The van der Waals surface area contributed by atoms with Crippen LogP contribution in [-0.2, 0) is 11.2 Å². The van der Waals surface area contributed by atoms with Crippen molar-refractivity contribution < 1.29 is 4.79 Å². The minimum absolute atomic E-state index is 0.149. The van der Waals surface area contributed by atoms with Crippen LogP contribution in [0.4, 0.5) is 5.69 Å². The summed E-state index contributed by atoms with van der Waals surface area (Å²) in [6, 6.07) is 16.4. The van der Waals surface area contributed by atoms with Crippen LogP contribution in [0.2, 0.25) is 0 Å². The van der Waals surface area contributed by atoms with Gasteiger partial charge in [-0.2, -0.15) is 0 Å². The Labute approximate surface area is 153 Å². The van der Waals surface area contributed by atoms with Gasteiger partial charge in [-0.15, -0.1) is 11.3 Å². The van der Waals surface area contributed by atoms with Gasteiger partial charge in [-0.05, 0) is 57.4 Å². The van der Waals surface area contributed by atoms with Crippen LogP contribution in [0.1, 0.15) is 37.3 Å². The Morgan fingerprint density at radius 3 is 2.56 bits per heavy atom. The summed E-state index contributed by atoms with van der Waals surface area (Å²) in [7, 11) is 0. The lowest BCUT2D eigenvalue weighted by molar-refractivity contribution is -0.119. The van der Waals surface area contributed by atoms with Gasteiger partial charge < -0.3 is 4.90 Å². The lowest BCUT2D eigenvalue weighted by Gasteiger charge is -2.28. The van der Waals surface area contributed by atoms with E-state index in [1.165, 1.54) is 4.70 Å². The lowest BCUT2D eigenvalue weighted by Crippen LogP contribution is -2.37. The number of fused-ring (bicyclic) bond motifs is 1. The molecular weight excluding hydrogens is 328 g/mol. The molecule has 3 rings (SSSR count). The van der Waals surface area contributed by atoms with Gasteiger partial charge in [-0.1, -0.05) is 30.3 Å². The van der Waals surface area contributed by atoms with Crippen molar-refractivity contribution in [2.75, 3.05) is 4.90 Å². The molecule has 1 amide bonds. The average Bonchev–Trinajstić information content (AvgIpc) is 2.99. The van der Waals surface area contributed by atoms with E-state index in [-0.39, 0.29) is 11.9 Å². The van der Waals surface area contributed by atoms with E-state index in [0.29, 0.717) is 6.42 Å². The highest BCUT2D eigenvalue weighted by Gasteiger charge is 2.20. The maximum absolute atomic E-state index is 12.8. The fraction of sp³-hybridized carbons (Fsp3) is 0.333. The number of carbonyl (C=O) groups excluding carboxylic acids is 1. The number of rotatable bonds is 6. The van der Waals surface area contributed by atoms with Gasteiger partial charge in [0, 0.05) is 18.2 Å². The zero-order chi connectivity index (χ0) is 17.8. The normalized spacial score (nSPS) is 11.2. The molecule has 0 atom stereocenters. The van der Waals surface area contributed by atoms with Gasteiger partial charge in [-0.3, -0.25) is 4.79 Å². The van der Waals surface area contributed by atoms with Gasteiger partial charge in [0.25, 0.3) is 0 Å². The Morgan fingerprint density at radius 2 is 1.84 bits per heavy atom. The molecule has 0 fully saturated rings. The highest BCUT2D eigenvalue weighted by molar-refractivity contribution is 7.18. The van der Waals surface area contributed by atoms with Gasteiger partial charge in [0.2, 0.25) is 5.91 Å². The molecule has 25 heavy (non-hydrogen) atoms. The number of nitrogens with zero attached hydrogens (tertiary/aromatic N) is 2. The average molecular weight is 353 g/mol. The number of para-hydroxylation sites is 2. The molecule has 0 saturated carbocycles. The Balaban J connectivity index is 1.65. The molecule has 0 N–H and O–H groups in total. The molecule has 0 saturated heterocycles. The quantitative estimate of drug-likeness (QED) is 0.597. The zero-order valence-corrected chi connectivity index (χ0v) is 15.8. The topological polar surface area (TPSA) is 33.2 Å². The number of benzene rings is 2. The van der Waals surface area contributed by atoms with Crippen molar-refractivity contribution in [3.63, 3.8) is 0 Å². The van der Waals surface area contributed by atoms with E-state index in [4.69, 9.17) is 0 Å². The zero-order valence-electron chi connectivity index (χ0n) is 15.0.